The molecule has 2 rings (SSSR count). The lowest BCUT2D eigenvalue weighted by molar-refractivity contribution is 0.602. The van der Waals surface area contributed by atoms with Crippen LogP contribution >= 0.6 is 0 Å². The van der Waals surface area contributed by atoms with E-state index >= 15 is 0 Å². The average Bonchev–Trinajstić information content (AvgIpc) is 2.77. The summed E-state index contributed by atoms with van der Waals surface area (Å²) in [7, 11) is 0. The van der Waals surface area contributed by atoms with Gasteiger partial charge in [-0.3, -0.25) is 4.68 Å². The van der Waals surface area contributed by atoms with Crippen molar-refractivity contribution in [1.82, 2.24) is 9.78 Å². The summed E-state index contributed by atoms with van der Waals surface area (Å²) in [5, 5.41) is 4.18. The molecule has 0 aliphatic carbocycles. The molecule has 4 nitrogen and oxygen atoms in total. The second-order valence-corrected chi connectivity index (χ2v) is 3.92. The van der Waals surface area contributed by atoms with Gasteiger partial charge in [0.2, 0.25) is 0 Å². The van der Waals surface area contributed by atoms with Crippen molar-refractivity contribution < 1.29 is 0 Å². The summed E-state index contributed by atoms with van der Waals surface area (Å²) in [5.41, 5.74) is 6.83. The highest BCUT2D eigenvalue weighted by atomic mass is 15.3. The van der Waals surface area contributed by atoms with Gasteiger partial charge in [0.15, 0.2) is 0 Å². The van der Waals surface area contributed by atoms with Gasteiger partial charge in [0.25, 0.3) is 0 Å². The number of para-hydroxylation sites is 1. The summed E-state index contributed by atoms with van der Waals surface area (Å²) in [6, 6.07) is 12.2. The molecule has 1 aromatic heterocycles. The number of nitrogen functional groups attached to an aromatic ring is 1. The Hall–Kier alpha value is -1.97. The molecule has 17 heavy (non-hydrogen) atoms. The third-order valence-electron chi connectivity index (χ3n) is 2.76. The first-order valence-electron chi connectivity index (χ1n) is 5.88. The Bertz CT molecular complexity index is 449. The van der Waals surface area contributed by atoms with Crippen molar-refractivity contribution in [2.45, 2.75) is 13.5 Å². The van der Waals surface area contributed by atoms with Gasteiger partial charge in [0.1, 0.15) is 5.82 Å². The van der Waals surface area contributed by atoms with Gasteiger partial charge in [0, 0.05) is 25.0 Å². The predicted molar refractivity (Wildman–Crippen MR) is 71.0 cm³/mol. The number of likely N-dealkylation sites (N-methyl/N-ethyl adjacent to an activating group) is 1. The fourth-order valence-corrected chi connectivity index (χ4v) is 1.83. The number of rotatable bonds is 5. The van der Waals surface area contributed by atoms with Crippen LogP contribution in [0.2, 0.25) is 0 Å². The summed E-state index contributed by atoms with van der Waals surface area (Å²) in [5.74, 6) is 0.577. The van der Waals surface area contributed by atoms with Gasteiger partial charge >= 0.3 is 0 Å². The summed E-state index contributed by atoms with van der Waals surface area (Å²) in [6.07, 6.45) is 1.91. The molecule has 0 bridgehead atoms. The van der Waals surface area contributed by atoms with Crippen molar-refractivity contribution in [1.29, 1.82) is 0 Å². The van der Waals surface area contributed by atoms with E-state index in [2.05, 4.69) is 41.2 Å². The maximum absolute atomic E-state index is 5.58. The maximum atomic E-state index is 5.58. The minimum Gasteiger partial charge on any atom is -0.382 e. The molecule has 4 heteroatoms. The number of anilines is 2. The van der Waals surface area contributed by atoms with E-state index < -0.39 is 0 Å². The van der Waals surface area contributed by atoms with E-state index in [-0.39, 0.29) is 0 Å². The molecule has 0 radical (unpaired) electrons. The van der Waals surface area contributed by atoms with Crippen molar-refractivity contribution in [2.75, 3.05) is 23.7 Å². The van der Waals surface area contributed by atoms with Crippen molar-refractivity contribution >= 4 is 11.5 Å². The largest absolute Gasteiger partial charge is 0.382 e. The van der Waals surface area contributed by atoms with Gasteiger partial charge in [0.05, 0.1) is 6.54 Å². The molecule has 0 unspecified atom stereocenters. The van der Waals surface area contributed by atoms with Crippen LogP contribution < -0.4 is 10.6 Å². The minimum absolute atomic E-state index is 0.577. The first-order chi connectivity index (χ1) is 8.29. The van der Waals surface area contributed by atoms with Crippen molar-refractivity contribution in [3.8, 4) is 0 Å². The minimum atomic E-state index is 0.577. The molecule has 1 heterocycles. The number of benzene rings is 1. The van der Waals surface area contributed by atoms with E-state index in [1.165, 1.54) is 5.69 Å². The average molecular weight is 230 g/mol. The molecule has 0 amide bonds. The number of aromatic nitrogens is 2. The Morgan fingerprint density at radius 1 is 1.24 bits per heavy atom. The van der Waals surface area contributed by atoms with Crippen LogP contribution in [0.4, 0.5) is 11.5 Å². The smallest absolute Gasteiger partial charge is 0.145 e. The first kappa shape index (κ1) is 11.5. The van der Waals surface area contributed by atoms with E-state index in [9.17, 15) is 0 Å². The van der Waals surface area contributed by atoms with Crippen LogP contribution in [-0.4, -0.2) is 22.9 Å². The monoisotopic (exact) mass is 230 g/mol. The fourth-order valence-electron chi connectivity index (χ4n) is 1.83. The highest BCUT2D eigenvalue weighted by Gasteiger charge is 2.03. The molecule has 0 saturated heterocycles. The van der Waals surface area contributed by atoms with Crippen molar-refractivity contribution in [3.63, 3.8) is 0 Å². The zero-order chi connectivity index (χ0) is 12.1. The predicted octanol–water partition coefficient (Wildman–Crippen LogP) is 1.99. The van der Waals surface area contributed by atoms with Crippen LogP contribution in [0, 0.1) is 0 Å². The van der Waals surface area contributed by atoms with E-state index in [4.69, 9.17) is 5.73 Å². The van der Waals surface area contributed by atoms with Crippen LogP contribution in [0.5, 0.6) is 0 Å². The van der Waals surface area contributed by atoms with Gasteiger partial charge in [-0.15, -0.1) is 0 Å². The Kier molecular flexibility index (Phi) is 3.65. The summed E-state index contributed by atoms with van der Waals surface area (Å²) >= 11 is 0. The molecule has 0 aliphatic rings. The molecule has 0 aliphatic heterocycles. The van der Waals surface area contributed by atoms with E-state index in [0.29, 0.717) is 5.82 Å². The van der Waals surface area contributed by atoms with Crippen molar-refractivity contribution in [2.24, 2.45) is 0 Å². The van der Waals surface area contributed by atoms with E-state index in [1.807, 2.05) is 23.0 Å². The molecule has 0 fully saturated rings. The molecule has 2 N–H and O–H groups in total. The highest BCUT2D eigenvalue weighted by Crippen LogP contribution is 2.12. The molecule has 0 saturated carbocycles. The molecule has 90 valence electrons. The van der Waals surface area contributed by atoms with Gasteiger partial charge in [-0.1, -0.05) is 18.2 Å². The Labute approximate surface area is 102 Å². The maximum Gasteiger partial charge on any atom is 0.145 e. The Morgan fingerprint density at radius 2 is 2.00 bits per heavy atom. The van der Waals surface area contributed by atoms with Crippen LogP contribution in [-0.2, 0) is 6.54 Å². The normalized spacial score (nSPS) is 10.4. The second-order valence-electron chi connectivity index (χ2n) is 3.92. The van der Waals surface area contributed by atoms with Crippen LogP contribution in [0.25, 0.3) is 0 Å². The SMILES string of the molecule is CCN(CCn1ccc(N)n1)c1ccccc1. The summed E-state index contributed by atoms with van der Waals surface area (Å²) < 4.78 is 1.88. The van der Waals surface area contributed by atoms with Crippen LogP contribution in [0.3, 0.4) is 0 Å². The molecule has 1 aromatic carbocycles. The van der Waals surface area contributed by atoms with Gasteiger partial charge < -0.3 is 10.6 Å². The van der Waals surface area contributed by atoms with E-state index in [0.717, 1.165) is 19.6 Å². The second kappa shape index (κ2) is 5.39. The van der Waals surface area contributed by atoms with E-state index in [1.54, 1.807) is 0 Å². The molecule has 0 atom stereocenters. The van der Waals surface area contributed by atoms with Gasteiger partial charge in [-0.25, -0.2) is 0 Å². The summed E-state index contributed by atoms with van der Waals surface area (Å²) in [4.78, 5) is 2.32. The van der Waals surface area contributed by atoms with Crippen LogP contribution in [0.1, 0.15) is 6.92 Å². The third-order valence-corrected chi connectivity index (χ3v) is 2.76. The summed E-state index contributed by atoms with van der Waals surface area (Å²) in [6.45, 7) is 4.92. The zero-order valence-electron chi connectivity index (χ0n) is 10.1. The zero-order valence-corrected chi connectivity index (χ0v) is 10.1. The molecule has 2 aromatic rings. The first-order valence-corrected chi connectivity index (χ1v) is 5.88. The number of nitrogens with two attached hydrogens (primary N) is 1. The number of hydrogen-bond donors (Lipinski definition) is 1. The lowest BCUT2D eigenvalue weighted by Gasteiger charge is -2.22. The molecular formula is C13H18N4. The van der Waals surface area contributed by atoms with Crippen LogP contribution in [0.15, 0.2) is 42.6 Å². The topological polar surface area (TPSA) is 47.1 Å². The highest BCUT2D eigenvalue weighted by molar-refractivity contribution is 5.45. The third kappa shape index (κ3) is 3.00. The van der Waals surface area contributed by atoms with Gasteiger partial charge in [-0.05, 0) is 25.1 Å². The fraction of sp³-hybridized carbons (Fsp3) is 0.308. The Balaban J connectivity index is 1.97. The number of nitrogens with zero attached hydrogens (tertiary/aromatic N) is 3. The van der Waals surface area contributed by atoms with Crippen molar-refractivity contribution in [3.05, 3.63) is 42.6 Å². The lowest BCUT2D eigenvalue weighted by atomic mass is 10.3. The lowest BCUT2D eigenvalue weighted by Crippen LogP contribution is -2.27. The standard InChI is InChI=1S/C13H18N4/c1-2-16(12-6-4-3-5-7-12)10-11-17-9-8-13(14)15-17/h3-9H,2,10-11H2,1H3,(H2,14,15). The quantitative estimate of drug-likeness (QED) is 0.854. The van der Waals surface area contributed by atoms with Gasteiger partial charge in [-0.2, -0.15) is 5.10 Å². The molecular weight excluding hydrogens is 212 g/mol. The Morgan fingerprint density at radius 3 is 2.59 bits per heavy atom. The number of hydrogen-bond acceptors (Lipinski definition) is 3. The molecule has 0 spiro atoms.